The van der Waals surface area contributed by atoms with E-state index in [1.165, 1.54) is 11.3 Å². The lowest BCUT2D eigenvalue weighted by Gasteiger charge is -2.20. The van der Waals surface area contributed by atoms with Crippen molar-refractivity contribution in [2.75, 3.05) is 19.6 Å². The summed E-state index contributed by atoms with van der Waals surface area (Å²) in [4.78, 5) is 1.43. The molecule has 0 aromatic carbocycles. The van der Waals surface area contributed by atoms with Crippen LogP contribution < -0.4 is 5.32 Å². The molecule has 1 heterocycles. The van der Waals surface area contributed by atoms with Gasteiger partial charge in [-0.2, -0.15) is 4.31 Å². The summed E-state index contributed by atoms with van der Waals surface area (Å²) >= 11 is 4.88. The molecule has 0 saturated carbocycles. The third-order valence-electron chi connectivity index (χ3n) is 2.82. The Kier molecular flexibility index (Phi) is 7.68. The summed E-state index contributed by atoms with van der Waals surface area (Å²) in [5.74, 6) is 0. The third kappa shape index (κ3) is 4.53. The third-order valence-corrected chi connectivity index (χ3v) is 6.97. The van der Waals surface area contributed by atoms with Crippen LogP contribution in [0.4, 0.5) is 0 Å². The van der Waals surface area contributed by atoms with E-state index in [0.717, 1.165) is 24.3 Å². The SMILES string of the molecule is CCCN(CCC)S(=O)(=O)c1cc(CNCC)sc1Br. The van der Waals surface area contributed by atoms with Crippen molar-refractivity contribution in [3.63, 3.8) is 0 Å². The van der Waals surface area contributed by atoms with Gasteiger partial charge in [-0.05, 0) is 41.4 Å². The van der Waals surface area contributed by atoms with Crippen LogP contribution in [0.1, 0.15) is 38.5 Å². The van der Waals surface area contributed by atoms with E-state index in [4.69, 9.17) is 0 Å². The molecule has 0 aliphatic heterocycles. The topological polar surface area (TPSA) is 49.4 Å². The van der Waals surface area contributed by atoms with E-state index < -0.39 is 10.0 Å². The summed E-state index contributed by atoms with van der Waals surface area (Å²) in [5, 5.41) is 3.22. The van der Waals surface area contributed by atoms with Crippen LogP contribution >= 0.6 is 27.3 Å². The predicted octanol–water partition coefficient (Wildman–Crippen LogP) is 3.43. The molecule has 116 valence electrons. The van der Waals surface area contributed by atoms with Crippen LogP contribution in [0.3, 0.4) is 0 Å². The minimum atomic E-state index is -3.39. The van der Waals surface area contributed by atoms with Crippen molar-refractivity contribution in [3.05, 3.63) is 14.7 Å². The molecule has 0 aliphatic carbocycles. The van der Waals surface area contributed by atoms with E-state index in [0.29, 0.717) is 28.3 Å². The summed E-state index contributed by atoms with van der Waals surface area (Å²) in [6.45, 7) is 8.74. The first-order valence-electron chi connectivity index (χ1n) is 6.96. The van der Waals surface area contributed by atoms with Gasteiger partial charge in [0.1, 0.15) is 4.90 Å². The Labute approximate surface area is 134 Å². The van der Waals surface area contributed by atoms with Crippen LogP contribution in [0, 0.1) is 0 Å². The molecular weight excluding hydrogens is 360 g/mol. The highest BCUT2D eigenvalue weighted by molar-refractivity contribution is 9.11. The molecule has 0 amide bonds. The van der Waals surface area contributed by atoms with Crippen molar-refractivity contribution < 1.29 is 8.42 Å². The first kappa shape index (κ1) is 18.1. The summed E-state index contributed by atoms with van der Waals surface area (Å²) < 4.78 is 27.7. The first-order valence-corrected chi connectivity index (χ1v) is 10.0. The van der Waals surface area contributed by atoms with Crippen LogP contribution in [0.5, 0.6) is 0 Å². The highest BCUT2D eigenvalue weighted by atomic mass is 79.9. The second kappa shape index (κ2) is 8.48. The molecule has 0 aliphatic rings. The van der Waals surface area contributed by atoms with Crippen molar-refractivity contribution in [2.45, 2.75) is 45.1 Å². The van der Waals surface area contributed by atoms with Crippen LogP contribution in [-0.2, 0) is 16.6 Å². The zero-order valence-corrected chi connectivity index (χ0v) is 15.5. The van der Waals surface area contributed by atoms with E-state index in [1.54, 1.807) is 10.4 Å². The van der Waals surface area contributed by atoms with Gasteiger partial charge in [0.05, 0.1) is 3.79 Å². The van der Waals surface area contributed by atoms with E-state index in [-0.39, 0.29) is 0 Å². The number of hydrogen-bond acceptors (Lipinski definition) is 4. The molecule has 1 N–H and O–H groups in total. The minimum absolute atomic E-state index is 0.400. The second-order valence-corrected chi connectivity index (χ2v) is 8.90. The lowest BCUT2D eigenvalue weighted by Crippen LogP contribution is -2.32. The summed E-state index contributed by atoms with van der Waals surface area (Å²) in [6, 6.07) is 1.78. The normalized spacial score (nSPS) is 12.2. The zero-order chi connectivity index (χ0) is 15.2. The number of nitrogens with zero attached hydrogens (tertiary/aromatic N) is 1. The molecule has 20 heavy (non-hydrogen) atoms. The largest absolute Gasteiger partial charge is 0.312 e. The fourth-order valence-electron chi connectivity index (χ4n) is 1.90. The summed E-state index contributed by atoms with van der Waals surface area (Å²) in [6.07, 6.45) is 1.65. The highest BCUT2D eigenvalue weighted by Crippen LogP contribution is 2.33. The molecule has 1 aromatic rings. The first-order chi connectivity index (χ1) is 9.47. The minimum Gasteiger partial charge on any atom is -0.312 e. The van der Waals surface area contributed by atoms with Gasteiger partial charge in [-0.15, -0.1) is 11.3 Å². The number of hydrogen-bond donors (Lipinski definition) is 1. The Bertz CT molecular complexity index is 508. The number of nitrogens with one attached hydrogen (secondary N) is 1. The van der Waals surface area contributed by atoms with Crippen molar-refractivity contribution in [2.24, 2.45) is 0 Å². The monoisotopic (exact) mass is 382 g/mol. The smallest absolute Gasteiger partial charge is 0.245 e. The average Bonchev–Trinajstić information content (AvgIpc) is 2.78. The quantitative estimate of drug-likeness (QED) is 0.711. The molecule has 4 nitrogen and oxygen atoms in total. The Hall–Kier alpha value is 0.0500. The molecule has 0 unspecified atom stereocenters. The van der Waals surface area contributed by atoms with E-state index in [2.05, 4.69) is 21.2 Å². The second-order valence-electron chi connectivity index (χ2n) is 4.54. The number of halogens is 1. The summed E-state index contributed by atoms with van der Waals surface area (Å²) in [5.41, 5.74) is 0. The van der Waals surface area contributed by atoms with Crippen molar-refractivity contribution in [1.82, 2.24) is 9.62 Å². The fraction of sp³-hybridized carbons (Fsp3) is 0.692. The van der Waals surface area contributed by atoms with Crippen LogP contribution in [0.15, 0.2) is 14.7 Å². The van der Waals surface area contributed by atoms with Gasteiger partial charge in [0.2, 0.25) is 10.0 Å². The lowest BCUT2D eigenvalue weighted by atomic mass is 10.4. The van der Waals surface area contributed by atoms with Gasteiger partial charge in [-0.3, -0.25) is 0 Å². The van der Waals surface area contributed by atoms with Gasteiger partial charge in [-0.1, -0.05) is 20.8 Å². The van der Waals surface area contributed by atoms with Crippen molar-refractivity contribution >= 4 is 37.3 Å². The molecule has 1 aromatic heterocycles. The van der Waals surface area contributed by atoms with Gasteiger partial charge in [0.25, 0.3) is 0 Å². The maximum Gasteiger partial charge on any atom is 0.245 e. The van der Waals surface area contributed by atoms with Gasteiger partial charge in [-0.25, -0.2) is 8.42 Å². The molecule has 0 atom stereocenters. The Morgan fingerprint density at radius 3 is 2.35 bits per heavy atom. The molecular formula is C13H23BrN2O2S2. The molecule has 0 saturated heterocycles. The number of sulfonamides is 1. The molecule has 0 radical (unpaired) electrons. The van der Waals surface area contributed by atoms with E-state index >= 15 is 0 Å². The molecule has 1 rings (SSSR count). The van der Waals surface area contributed by atoms with Gasteiger partial charge >= 0.3 is 0 Å². The molecule has 0 bridgehead atoms. The summed E-state index contributed by atoms with van der Waals surface area (Å²) in [7, 11) is -3.39. The molecule has 0 spiro atoms. The van der Waals surface area contributed by atoms with Gasteiger partial charge in [0, 0.05) is 24.5 Å². The maximum absolute atomic E-state index is 12.7. The fourth-order valence-corrected chi connectivity index (χ4v) is 6.13. The Morgan fingerprint density at radius 1 is 1.25 bits per heavy atom. The number of rotatable bonds is 9. The van der Waals surface area contributed by atoms with Crippen LogP contribution in [-0.4, -0.2) is 32.4 Å². The Morgan fingerprint density at radius 2 is 1.85 bits per heavy atom. The van der Waals surface area contributed by atoms with Crippen molar-refractivity contribution in [1.29, 1.82) is 0 Å². The average molecular weight is 383 g/mol. The standard InChI is InChI=1S/C13H23BrN2O2S2/c1-4-7-16(8-5-2)20(17,18)12-9-11(10-15-6-3)19-13(12)14/h9,15H,4-8,10H2,1-3H3. The maximum atomic E-state index is 12.7. The van der Waals surface area contributed by atoms with Crippen molar-refractivity contribution in [3.8, 4) is 0 Å². The van der Waals surface area contributed by atoms with Crippen LogP contribution in [0.25, 0.3) is 0 Å². The van der Waals surface area contributed by atoms with E-state index in [1.807, 2.05) is 20.8 Å². The van der Waals surface area contributed by atoms with Crippen LogP contribution in [0.2, 0.25) is 0 Å². The molecule has 7 heteroatoms. The van der Waals surface area contributed by atoms with E-state index in [9.17, 15) is 8.42 Å². The van der Waals surface area contributed by atoms with Gasteiger partial charge < -0.3 is 5.32 Å². The predicted molar refractivity (Wildman–Crippen MR) is 88.7 cm³/mol. The van der Waals surface area contributed by atoms with Gasteiger partial charge in [0.15, 0.2) is 0 Å². The molecule has 0 fully saturated rings. The Balaban J connectivity index is 3.03. The highest BCUT2D eigenvalue weighted by Gasteiger charge is 2.27. The zero-order valence-electron chi connectivity index (χ0n) is 12.3. The number of thiophene rings is 1. The lowest BCUT2D eigenvalue weighted by molar-refractivity contribution is 0.410.